The molecule has 1 aromatic carbocycles. The number of rotatable bonds is 6. The average molecular weight is 442 g/mol. The highest BCUT2D eigenvalue weighted by Crippen LogP contribution is 2.32. The van der Waals surface area contributed by atoms with E-state index in [1.807, 2.05) is 30.6 Å². The van der Waals surface area contributed by atoms with Crippen LogP contribution in [0.25, 0.3) is 16.5 Å². The third kappa shape index (κ3) is 4.06. The van der Waals surface area contributed by atoms with Gasteiger partial charge in [-0.1, -0.05) is 19.9 Å². The van der Waals surface area contributed by atoms with Crippen LogP contribution in [0, 0.1) is 0 Å². The second-order valence-electron chi connectivity index (χ2n) is 7.70. The SMILES string of the molecule is CCn1cc(C2=CCN(S(=O)(=O)c3ccc(SC(C)C)cc3)CC2)c2ccncc21. The Hall–Kier alpha value is -2.09. The highest BCUT2D eigenvalue weighted by molar-refractivity contribution is 7.99. The Morgan fingerprint density at radius 2 is 1.93 bits per heavy atom. The molecule has 0 fully saturated rings. The van der Waals surface area contributed by atoms with Crippen molar-refractivity contribution in [2.75, 3.05) is 13.1 Å². The van der Waals surface area contributed by atoms with Gasteiger partial charge in [-0.2, -0.15) is 4.31 Å². The zero-order valence-corrected chi connectivity index (χ0v) is 19.2. The van der Waals surface area contributed by atoms with E-state index in [4.69, 9.17) is 0 Å². The Morgan fingerprint density at radius 1 is 1.17 bits per heavy atom. The maximum atomic E-state index is 13.1. The average Bonchev–Trinajstić information content (AvgIpc) is 3.13. The van der Waals surface area contributed by atoms with Crippen LogP contribution in [0.15, 0.2) is 64.8 Å². The number of benzene rings is 1. The first-order valence-electron chi connectivity index (χ1n) is 10.3. The molecule has 0 amide bonds. The smallest absolute Gasteiger partial charge is 0.243 e. The lowest BCUT2D eigenvalue weighted by Gasteiger charge is -2.26. The standard InChI is InChI=1S/C23H27N3O2S2/c1-4-25-16-22(21-9-12-24-15-23(21)25)18-10-13-26(14-11-18)30(27,28)20-7-5-19(6-8-20)29-17(2)3/h5-10,12,15-17H,4,11,13-14H2,1-3H3. The normalized spacial score (nSPS) is 15.7. The van der Waals surface area contributed by atoms with Crippen molar-refractivity contribution < 1.29 is 8.42 Å². The molecule has 3 aromatic rings. The van der Waals surface area contributed by atoms with E-state index >= 15 is 0 Å². The van der Waals surface area contributed by atoms with E-state index in [1.165, 1.54) is 16.5 Å². The van der Waals surface area contributed by atoms with Crippen molar-refractivity contribution in [3.8, 4) is 0 Å². The van der Waals surface area contributed by atoms with Crippen molar-refractivity contribution in [3.63, 3.8) is 0 Å². The van der Waals surface area contributed by atoms with E-state index in [0.29, 0.717) is 29.7 Å². The van der Waals surface area contributed by atoms with Gasteiger partial charge in [0, 0.05) is 53.1 Å². The minimum Gasteiger partial charge on any atom is -0.346 e. The van der Waals surface area contributed by atoms with Gasteiger partial charge in [0.25, 0.3) is 0 Å². The molecule has 0 aliphatic carbocycles. The fourth-order valence-electron chi connectivity index (χ4n) is 3.88. The predicted octanol–water partition coefficient (Wildman–Crippen LogP) is 5.03. The van der Waals surface area contributed by atoms with Gasteiger partial charge in [-0.25, -0.2) is 8.42 Å². The number of aromatic nitrogens is 2. The molecule has 7 heteroatoms. The Kier molecular flexibility index (Phi) is 6.04. The highest BCUT2D eigenvalue weighted by atomic mass is 32.2. The van der Waals surface area contributed by atoms with Gasteiger partial charge in [0.05, 0.1) is 16.6 Å². The van der Waals surface area contributed by atoms with Crippen LogP contribution in [0.2, 0.25) is 0 Å². The Bertz CT molecular complexity index is 1180. The molecule has 0 saturated heterocycles. The number of sulfonamides is 1. The summed E-state index contributed by atoms with van der Waals surface area (Å²) in [5.41, 5.74) is 3.50. The molecule has 0 N–H and O–H groups in total. The summed E-state index contributed by atoms with van der Waals surface area (Å²) in [6, 6.07) is 9.28. The van der Waals surface area contributed by atoms with Crippen molar-refractivity contribution in [1.82, 2.24) is 13.9 Å². The quantitative estimate of drug-likeness (QED) is 0.503. The first-order valence-corrected chi connectivity index (χ1v) is 12.6. The van der Waals surface area contributed by atoms with Crippen LogP contribution in [0.1, 0.15) is 32.8 Å². The number of nitrogens with zero attached hydrogens (tertiary/aromatic N) is 3. The topological polar surface area (TPSA) is 55.2 Å². The molecule has 0 spiro atoms. The largest absolute Gasteiger partial charge is 0.346 e. The third-order valence-corrected chi connectivity index (χ3v) is 8.27. The highest BCUT2D eigenvalue weighted by Gasteiger charge is 2.27. The van der Waals surface area contributed by atoms with E-state index in [-0.39, 0.29) is 0 Å². The third-order valence-electron chi connectivity index (χ3n) is 5.38. The molecule has 1 aliphatic heterocycles. The molecule has 5 nitrogen and oxygen atoms in total. The van der Waals surface area contributed by atoms with Gasteiger partial charge in [0.2, 0.25) is 10.0 Å². The number of pyridine rings is 1. The van der Waals surface area contributed by atoms with Crippen LogP contribution >= 0.6 is 11.8 Å². The van der Waals surface area contributed by atoms with Gasteiger partial charge in [-0.3, -0.25) is 4.98 Å². The molecule has 0 saturated carbocycles. The summed E-state index contributed by atoms with van der Waals surface area (Å²) < 4.78 is 30.0. The first kappa shape index (κ1) is 21.2. The fraction of sp³-hybridized carbons (Fsp3) is 0.348. The minimum atomic E-state index is -3.49. The summed E-state index contributed by atoms with van der Waals surface area (Å²) in [6.07, 6.45) is 8.62. The van der Waals surface area contributed by atoms with Crippen LogP contribution in [-0.2, 0) is 16.6 Å². The summed E-state index contributed by atoms with van der Waals surface area (Å²) in [7, 11) is -3.49. The van der Waals surface area contributed by atoms with E-state index in [0.717, 1.165) is 17.0 Å². The Labute approximate surface area is 182 Å². The van der Waals surface area contributed by atoms with Crippen LogP contribution < -0.4 is 0 Å². The minimum absolute atomic E-state index is 0.362. The molecule has 3 heterocycles. The lowest BCUT2D eigenvalue weighted by molar-refractivity contribution is 0.441. The molecule has 1 aliphatic rings. The van der Waals surface area contributed by atoms with E-state index in [9.17, 15) is 8.42 Å². The van der Waals surface area contributed by atoms with Crippen molar-refractivity contribution in [1.29, 1.82) is 0 Å². The van der Waals surface area contributed by atoms with E-state index in [2.05, 4.69) is 42.6 Å². The number of hydrogen-bond acceptors (Lipinski definition) is 4. The van der Waals surface area contributed by atoms with E-state index < -0.39 is 10.0 Å². The van der Waals surface area contributed by atoms with E-state index in [1.54, 1.807) is 28.2 Å². The first-order chi connectivity index (χ1) is 14.4. The van der Waals surface area contributed by atoms with Crippen molar-refractivity contribution in [2.24, 2.45) is 0 Å². The molecule has 4 rings (SSSR count). The summed E-state index contributed by atoms with van der Waals surface area (Å²) in [4.78, 5) is 5.70. The zero-order valence-electron chi connectivity index (χ0n) is 17.6. The molecule has 0 unspecified atom stereocenters. The molecular formula is C23H27N3O2S2. The molecular weight excluding hydrogens is 414 g/mol. The van der Waals surface area contributed by atoms with Crippen LogP contribution in [0.5, 0.6) is 0 Å². The molecule has 158 valence electrons. The van der Waals surface area contributed by atoms with Crippen LogP contribution in [0.3, 0.4) is 0 Å². The van der Waals surface area contributed by atoms with Crippen molar-refractivity contribution in [3.05, 3.63) is 60.6 Å². The van der Waals surface area contributed by atoms with Gasteiger partial charge >= 0.3 is 0 Å². The molecule has 2 aromatic heterocycles. The lowest BCUT2D eigenvalue weighted by Crippen LogP contribution is -2.34. The number of thioether (sulfide) groups is 1. The van der Waals surface area contributed by atoms with Gasteiger partial charge in [-0.15, -0.1) is 11.8 Å². The summed E-state index contributed by atoms with van der Waals surface area (Å²) in [5, 5.41) is 1.64. The van der Waals surface area contributed by atoms with Gasteiger partial charge < -0.3 is 4.57 Å². The monoisotopic (exact) mass is 441 g/mol. The molecule has 0 bridgehead atoms. The second kappa shape index (κ2) is 8.57. The Balaban J connectivity index is 1.56. The maximum Gasteiger partial charge on any atom is 0.243 e. The predicted molar refractivity (Wildman–Crippen MR) is 124 cm³/mol. The van der Waals surface area contributed by atoms with Gasteiger partial charge in [-0.05, 0) is 49.2 Å². The van der Waals surface area contributed by atoms with Gasteiger partial charge in [0.1, 0.15) is 0 Å². The fourth-order valence-corrected chi connectivity index (χ4v) is 6.10. The van der Waals surface area contributed by atoms with Crippen molar-refractivity contribution in [2.45, 2.75) is 48.8 Å². The summed E-state index contributed by atoms with van der Waals surface area (Å²) in [6.45, 7) is 8.12. The number of aryl methyl sites for hydroxylation is 1. The number of fused-ring (bicyclic) bond motifs is 1. The maximum absolute atomic E-state index is 13.1. The van der Waals surface area contributed by atoms with Crippen LogP contribution in [0.4, 0.5) is 0 Å². The molecule has 0 radical (unpaired) electrons. The molecule has 0 atom stereocenters. The second-order valence-corrected chi connectivity index (χ2v) is 11.3. The number of hydrogen-bond donors (Lipinski definition) is 0. The van der Waals surface area contributed by atoms with Crippen molar-refractivity contribution >= 4 is 38.3 Å². The zero-order chi connectivity index (χ0) is 21.3. The Morgan fingerprint density at radius 3 is 2.57 bits per heavy atom. The lowest BCUT2D eigenvalue weighted by atomic mass is 10.0. The summed E-state index contributed by atoms with van der Waals surface area (Å²) in [5.74, 6) is 0. The van der Waals surface area contributed by atoms with Crippen LogP contribution in [-0.4, -0.2) is 40.6 Å². The van der Waals surface area contributed by atoms with Gasteiger partial charge in [0.15, 0.2) is 0 Å². The summed E-state index contributed by atoms with van der Waals surface area (Å²) >= 11 is 1.73. The molecule has 30 heavy (non-hydrogen) atoms.